The van der Waals surface area contributed by atoms with Crippen LogP contribution in [0.4, 0.5) is 27.5 Å². The number of piperidine rings is 1. The van der Waals surface area contributed by atoms with Crippen LogP contribution in [0.2, 0.25) is 0 Å². The Morgan fingerprint density at radius 2 is 2.12 bits per heavy atom. The number of ether oxygens (including phenoxy) is 2. The molecule has 3 atom stereocenters. The molecule has 5 heterocycles. The van der Waals surface area contributed by atoms with E-state index in [1.54, 1.807) is 12.1 Å². The normalized spacial score (nSPS) is 26.0. The van der Waals surface area contributed by atoms with Crippen molar-refractivity contribution < 1.29 is 18.7 Å². The molecule has 12 heteroatoms. The first kappa shape index (κ1) is 27.8. The fraction of sp³-hybridized carbons (Fsp3) is 0.621. The Kier molecular flexibility index (Phi) is 7.78. The highest BCUT2D eigenvalue weighted by Gasteiger charge is 2.43. The molecule has 0 aliphatic carbocycles. The molecule has 1 amide bonds. The monoisotopic (exact) mass is 566 g/mol. The van der Waals surface area contributed by atoms with Crippen molar-refractivity contribution in [3.8, 4) is 5.75 Å². The first-order valence-electron chi connectivity index (χ1n) is 14.7. The smallest absolute Gasteiger partial charge is 0.253 e. The maximum atomic E-state index is 14.9. The number of carbonyl (C=O) groups excluding carboxylic acids is 1. The van der Waals surface area contributed by atoms with E-state index in [0.29, 0.717) is 42.9 Å². The molecule has 3 unspecified atom stereocenters. The van der Waals surface area contributed by atoms with E-state index in [4.69, 9.17) is 9.47 Å². The predicted octanol–water partition coefficient (Wildman–Crippen LogP) is 5.08. The van der Waals surface area contributed by atoms with E-state index in [0.717, 1.165) is 32.2 Å². The summed E-state index contributed by atoms with van der Waals surface area (Å²) < 4.78 is 26.2. The summed E-state index contributed by atoms with van der Waals surface area (Å²) in [5.41, 5.74) is 1.13. The summed E-state index contributed by atoms with van der Waals surface area (Å²) in [6.07, 6.45) is 6.95. The van der Waals surface area contributed by atoms with Crippen molar-refractivity contribution in [1.29, 1.82) is 0 Å². The molecule has 41 heavy (non-hydrogen) atoms. The lowest BCUT2D eigenvalue weighted by Crippen LogP contribution is -2.55. The number of benzene rings is 1. The zero-order valence-electron chi connectivity index (χ0n) is 24.0. The van der Waals surface area contributed by atoms with Crippen molar-refractivity contribution in [1.82, 2.24) is 14.9 Å². The number of nitrogens with zero attached hydrogens (tertiary/aromatic N) is 6. The van der Waals surface area contributed by atoms with E-state index in [9.17, 15) is 9.18 Å². The minimum Gasteiger partial charge on any atom is -0.483 e. The third-order valence-corrected chi connectivity index (χ3v) is 8.54. The van der Waals surface area contributed by atoms with Crippen molar-refractivity contribution in [2.75, 3.05) is 41.9 Å². The summed E-state index contributed by atoms with van der Waals surface area (Å²) in [4.78, 5) is 24.5. The summed E-state index contributed by atoms with van der Waals surface area (Å²) in [5.74, 6) is 0.0991. The molecule has 6 rings (SSSR count). The number of halogens is 1. The molecule has 3 fully saturated rings. The van der Waals surface area contributed by atoms with Gasteiger partial charge in [-0.3, -0.25) is 9.69 Å². The molecule has 0 bridgehead atoms. The Morgan fingerprint density at radius 3 is 2.90 bits per heavy atom. The molecular formula is C29H39FN8O3. The summed E-state index contributed by atoms with van der Waals surface area (Å²) in [5, 5.41) is 16.2. The topological polar surface area (TPSA) is 117 Å². The van der Waals surface area contributed by atoms with Crippen LogP contribution in [0.15, 0.2) is 34.7 Å². The second-order valence-electron chi connectivity index (χ2n) is 12.1. The average Bonchev–Trinajstić information content (AvgIpc) is 3.40. The number of hydrogen-bond donors (Lipinski definition) is 2. The maximum Gasteiger partial charge on any atom is 0.253 e. The Hall–Kier alpha value is -3.38. The van der Waals surface area contributed by atoms with Gasteiger partial charge in [-0.05, 0) is 70.7 Å². The molecule has 1 aromatic carbocycles. The number of fused-ring (bicyclic) bond motifs is 1. The van der Waals surface area contributed by atoms with E-state index in [-0.39, 0.29) is 41.3 Å². The molecule has 4 aliphatic heterocycles. The molecule has 2 N–H and O–H groups in total. The Bertz CT molecular complexity index is 1300. The fourth-order valence-electron chi connectivity index (χ4n) is 6.52. The van der Waals surface area contributed by atoms with Crippen molar-refractivity contribution in [3.05, 3.63) is 30.2 Å². The number of anilines is 4. The third kappa shape index (κ3) is 5.85. The van der Waals surface area contributed by atoms with Crippen molar-refractivity contribution >= 4 is 29.0 Å². The molecule has 220 valence electrons. The first-order valence-corrected chi connectivity index (χ1v) is 14.7. The Morgan fingerprint density at radius 1 is 1.27 bits per heavy atom. The van der Waals surface area contributed by atoms with Crippen LogP contribution in [-0.4, -0.2) is 70.8 Å². The highest BCUT2D eigenvalue weighted by molar-refractivity contribution is 5.97. The summed E-state index contributed by atoms with van der Waals surface area (Å²) in [6, 6.07) is 5.98. The second kappa shape index (κ2) is 11.5. The van der Waals surface area contributed by atoms with Crippen molar-refractivity contribution in [3.63, 3.8) is 0 Å². The molecule has 11 nitrogen and oxygen atoms in total. The highest BCUT2D eigenvalue weighted by atomic mass is 19.1. The van der Waals surface area contributed by atoms with Gasteiger partial charge < -0.3 is 20.1 Å². The molecule has 0 spiro atoms. The van der Waals surface area contributed by atoms with Crippen LogP contribution in [0.25, 0.3) is 0 Å². The average molecular weight is 567 g/mol. The van der Waals surface area contributed by atoms with E-state index < -0.39 is 5.82 Å². The van der Waals surface area contributed by atoms with Gasteiger partial charge in [0.15, 0.2) is 11.6 Å². The number of nitrogens with one attached hydrogen (secondary N) is 2. The van der Waals surface area contributed by atoms with Gasteiger partial charge in [0.05, 0.1) is 31.9 Å². The SMILES string of the molecule is CCCC1CN=NN(c2cc(Nc3ncc(F)c(NC4CC5CCCN5C(C)(C)C4)n3)ccc2OC2COC2)C1=O. The molecule has 2 aromatic rings. The van der Waals surface area contributed by atoms with Crippen LogP contribution in [0.3, 0.4) is 0 Å². The van der Waals surface area contributed by atoms with Crippen LogP contribution in [0, 0.1) is 11.7 Å². The third-order valence-electron chi connectivity index (χ3n) is 8.54. The predicted molar refractivity (Wildman–Crippen MR) is 153 cm³/mol. The quantitative estimate of drug-likeness (QED) is 0.432. The molecule has 0 radical (unpaired) electrons. The number of amides is 1. The van der Waals surface area contributed by atoms with Crippen LogP contribution in [0.5, 0.6) is 5.75 Å². The Balaban J connectivity index is 1.22. The van der Waals surface area contributed by atoms with Gasteiger partial charge >= 0.3 is 0 Å². The number of rotatable bonds is 9. The van der Waals surface area contributed by atoms with Crippen molar-refractivity contribution in [2.24, 2.45) is 16.3 Å². The first-order chi connectivity index (χ1) is 19.8. The summed E-state index contributed by atoms with van der Waals surface area (Å²) in [6.45, 7) is 9.07. The lowest BCUT2D eigenvalue weighted by Gasteiger charge is -2.47. The van der Waals surface area contributed by atoms with Gasteiger partial charge in [0.2, 0.25) is 5.95 Å². The summed E-state index contributed by atoms with van der Waals surface area (Å²) >= 11 is 0. The number of hydrogen-bond acceptors (Lipinski definition) is 10. The van der Waals surface area contributed by atoms with Gasteiger partial charge in [-0.15, -0.1) is 0 Å². The molecule has 1 aromatic heterocycles. The Labute approximate surface area is 239 Å². The second-order valence-corrected chi connectivity index (χ2v) is 12.1. The fourth-order valence-corrected chi connectivity index (χ4v) is 6.52. The summed E-state index contributed by atoms with van der Waals surface area (Å²) in [7, 11) is 0. The molecule has 0 saturated carbocycles. The van der Waals surface area contributed by atoms with Gasteiger partial charge in [-0.1, -0.05) is 18.6 Å². The van der Waals surface area contributed by atoms with Crippen molar-refractivity contribution in [2.45, 2.75) is 83.0 Å². The minimum absolute atomic E-state index is 0.0485. The molecular weight excluding hydrogens is 527 g/mol. The lowest BCUT2D eigenvalue weighted by atomic mass is 9.84. The minimum atomic E-state index is -0.490. The van der Waals surface area contributed by atoms with E-state index in [1.807, 2.05) is 13.0 Å². The van der Waals surface area contributed by atoms with Crippen LogP contribution in [0.1, 0.15) is 59.3 Å². The van der Waals surface area contributed by atoms with Crippen LogP contribution < -0.4 is 20.4 Å². The maximum absolute atomic E-state index is 14.9. The largest absolute Gasteiger partial charge is 0.483 e. The van der Waals surface area contributed by atoms with E-state index in [1.165, 1.54) is 24.0 Å². The molecule has 4 aliphatic rings. The van der Waals surface area contributed by atoms with Gasteiger partial charge in [-0.2, -0.15) is 15.1 Å². The number of carbonyl (C=O) groups is 1. The standard InChI is InChI=1S/C29H39FN8O3/c1-4-6-18-14-32-36-38(27(18)39)24-12-19(8-9-25(24)41-22-16-40-17-22)34-28-31-15-23(30)26(35-28)33-20-11-21-7-5-10-37(21)29(2,3)13-20/h8-9,12,15,18,20-22H,4-7,10-11,13-14,16-17H2,1-3H3,(H2,31,33,34,35). The van der Waals surface area contributed by atoms with Crippen LogP contribution in [-0.2, 0) is 9.53 Å². The lowest BCUT2D eigenvalue weighted by molar-refractivity contribution is -0.123. The van der Waals surface area contributed by atoms with E-state index in [2.05, 4.69) is 49.7 Å². The highest BCUT2D eigenvalue weighted by Crippen LogP contribution is 2.39. The van der Waals surface area contributed by atoms with Gasteiger partial charge in [0.1, 0.15) is 17.5 Å². The number of aromatic nitrogens is 2. The van der Waals surface area contributed by atoms with E-state index >= 15 is 0 Å². The van der Waals surface area contributed by atoms with Gasteiger partial charge in [-0.25, -0.2) is 9.37 Å². The van der Waals surface area contributed by atoms with Crippen LogP contribution >= 0.6 is 0 Å². The molecule has 3 saturated heterocycles. The zero-order chi connectivity index (χ0) is 28.6. The van der Waals surface area contributed by atoms with Gasteiger partial charge in [0, 0.05) is 23.3 Å². The van der Waals surface area contributed by atoms with Gasteiger partial charge in [0.25, 0.3) is 5.91 Å². The zero-order valence-corrected chi connectivity index (χ0v) is 24.0.